The summed E-state index contributed by atoms with van der Waals surface area (Å²) in [6, 6.07) is 10.1. The molecule has 6 nitrogen and oxygen atoms in total. The van der Waals surface area contributed by atoms with Gasteiger partial charge in [-0.1, -0.05) is 12.1 Å². The smallest absolute Gasteiger partial charge is 0.355 e. The third-order valence-electron chi connectivity index (χ3n) is 5.69. The van der Waals surface area contributed by atoms with Gasteiger partial charge in [-0.2, -0.15) is 13.2 Å². The topological polar surface area (TPSA) is 79.8 Å². The number of halogens is 3. The number of fused-ring (bicyclic) bond motifs is 3. The van der Waals surface area contributed by atoms with E-state index in [-0.39, 0.29) is 11.6 Å². The van der Waals surface area contributed by atoms with E-state index in [4.69, 9.17) is 4.98 Å². The number of aromatic nitrogens is 3. The van der Waals surface area contributed by atoms with Crippen molar-refractivity contribution < 1.29 is 18.0 Å². The highest BCUT2D eigenvalue weighted by Crippen LogP contribution is 2.35. The SMILES string of the molecule is CNC(=O)c1ccc2c(c1)nc(Nc1cccc(C(F)(F)F)c1)c1nc(CC3CC3)ncc12. The van der Waals surface area contributed by atoms with Crippen LogP contribution in [0.25, 0.3) is 21.8 Å². The average molecular weight is 451 g/mol. The summed E-state index contributed by atoms with van der Waals surface area (Å²) in [6.07, 6.45) is 0.316. The van der Waals surface area contributed by atoms with Crippen molar-refractivity contribution in [3.05, 3.63) is 65.6 Å². The van der Waals surface area contributed by atoms with Crippen molar-refractivity contribution in [2.45, 2.75) is 25.4 Å². The van der Waals surface area contributed by atoms with Gasteiger partial charge in [-0.25, -0.2) is 15.0 Å². The van der Waals surface area contributed by atoms with E-state index in [1.54, 1.807) is 30.5 Å². The highest BCUT2D eigenvalue weighted by Gasteiger charge is 2.30. The number of nitrogens with one attached hydrogen (secondary N) is 2. The predicted molar refractivity (Wildman–Crippen MR) is 119 cm³/mol. The maximum atomic E-state index is 13.2. The average Bonchev–Trinajstić information content (AvgIpc) is 3.62. The molecule has 0 radical (unpaired) electrons. The minimum absolute atomic E-state index is 0.239. The molecule has 1 fully saturated rings. The Hall–Kier alpha value is -3.75. The number of anilines is 2. The number of benzene rings is 2. The minimum Gasteiger partial charge on any atom is -0.355 e. The number of hydrogen-bond donors (Lipinski definition) is 2. The molecule has 168 valence electrons. The first-order valence-corrected chi connectivity index (χ1v) is 10.6. The highest BCUT2D eigenvalue weighted by atomic mass is 19.4. The lowest BCUT2D eigenvalue weighted by Crippen LogP contribution is -2.17. The van der Waals surface area contributed by atoms with E-state index in [9.17, 15) is 18.0 Å². The number of hydrogen-bond acceptors (Lipinski definition) is 5. The van der Waals surface area contributed by atoms with Gasteiger partial charge in [0.15, 0.2) is 5.82 Å². The van der Waals surface area contributed by atoms with Gasteiger partial charge in [0.25, 0.3) is 5.91 Å². The summed E-state index contributed by atoms with van der Waals surface area (Å²) < 4.78 is 39.6. The monoisotopic (exact) mass is 451 g/mol. The molecule has 1 aliphatic rings. The Morgan fingerprint density at radius 3 is 2.64 bits per heavy atom. The molecule has 1 amide bonds. The Kier molecular flexibility index (Phi) is 5.11. The second-order valence-corrected chi connectivity index (χ2v) is 8.17. The molecule has 5 rings (SSSR count). The maximum absolute atomic E-state index is 13.2. The molecule has 2 heterocycles. The first kappa shape index (κ1) is 21.1. The molecule has 2 aromatic heterocycles. The fourth-order valence-electron chi connectivity index (χ4n) is 3.78. The van der Waals surface area contributed by atoms with Crippen molar-refractivity contribution in [3.63, 3.8) is 0 Å². The maximum Gasteiger partial charge on any atom is 0.416 e. The van der Waals surface area contributed by atoms with E-state index < -0.39 is 11.7 Å². The van der Waals surface area contributed by atoms with Gasteiger partial charge in [0.1, 0.15) is 11.3 Å². The van der Waals surface area contributed by atoms with Gasteiger partial charge in [0.05, 0.1) is 11.1 Å². The quantitative estimate of drug-likeness (QED) is 0.405. The van der Waals surface area contributed by atoms with Crippen LogP contribution in [0.15, 0.2) is 48.7 Å². The molecule has 4 aromatic rings. The number of amides is 1. The predicted octanol–water partition coefficient (Wildman–Crippen LogP) is 5.25. The molecule has 0 saturated heterocycles. The third-order valence-corrected chi connectivity index (χ3v) is 5.69. The molecule has 0 aliphatic heterocycles. The van der Waals surface area contributed by atoms with Gasteiger partial charge in [-0.05, 0) is 49.1 Å². The number of carbonyl (C=O) groups excluding carboxylic acids is 1. The van der Waals surface area contributed by atoms with Crippen LogP contribution >= 0.6 is 0 Å². The normalized spacial score (nSPS) is 13.9. The summed E-state index contributed by atoms with van der Waals surface area (Å²) >= 11 is 0. The third kappa shape index (κ3) is 4.30. The Bertz CT molecular complexity index is 1380. The van der Waals surface area contributed by atoms with Crippen LogP contribution in [0.2, 0.25) is 0 Å². The Labute approximate surface area is 187 Å². The lowest BCUT2D eigenvalue weighted by atomic mass is 10.1. The zero-order chi connectivity index (χ0) is 23.2. The van der Waals surface area contributed by atoms with Crippen LogP contribution in [0.3, 0.4) is 0 Å². The standard InChI is InChI=1S/C24H20F3N5O/c1-28-23(33)14-7-8-17-18-12-29-20(9-13-5-6-13)32-21(18)22(31-19(17)10-14)30-16-4-2-3-15(11-16)24(25,26)27/h2-4,7-8,10-13H,5-6,9H2,1H3,(H,28,33)(H,30,31). The second kappa shape index (κ2) is 7.99. The van der Waals surface area contributed by atoms with Crippen LogP contribution in [0.5, 0.6) is 0 Å². The van der Waals surface area contributed by atoms with Gasteiger partial charge in [0.2, 0.25) is 0 Å². The molecular formula is C24H20F3N5O. The first-order chi connectivity index (χ1) is 15.8. The van der Waals surface area contributed by atoms with Crippen molar-refractivity contribution >= 4 is 39.2 Å². The van der Waals surface area contributed by atoms with Crippen LogP contribution in [0.4, 0.5) is 24.7 Å². The van der Waals surface area contributed by atoms with E-state index in [0.29, 0.717) is 39.5 Å². The van der Waals surface area contributed by atoms with Crippen LogP contribution in [-0.4, -0.2) is 27.9 Å². The molecule has 9 heteroatoms. The molecule has 2 N–H and O–H groups in total. The minimum atomic E-state index is -4.46. The van der Waals surface area contributed by atoms with E-state index in [2.05, 4.69) is 20.6 Å². The number of nitrogens with zero attached hydrogens (tertiary/aromatic N) is 3. The van der Waals surface area contributed by atoms with Crippen molar-refractivity contribution in [3.8, 4) is 0 Å². The van der Waals surface area contributed by atoms with Gasteiger partial charge in [-0.15, -0.1) is 0 Å². The fraction of sp³-hybridized carbons (Fsp3) is 0.250. The number of carbonyl (C=O) groups is 1. The van der Waals surface area contributed by atoms with E-state index >= 15 is 0 Å². The van der Waals surface area contributed by atoms with Crippen LogP contribution in [0, 0.1) is 5.92 Å². The van der Waals surface area contributed by atoms with Gasteiger partial charge >= 0.3 is 6.18 Å². The molecule has 0 bridgehead atoms. The zero-order valence-corrected chi connectivity index (χ0v) is 17.7. The Morgan fingerprint density at radius 1 is 1.09 bits per heavy atom. The lowest BCUT2D eigenvalue weighted by molar-refractivity contribution is -0.137. The van der Waals surface area contributed by atoms with Gasteiger partial charge in [0, 0.05) is 41.7 Å². The Balaban J connectivity index is 1.66. The van der Waals surface area contributed by atoms with Crippen molar-refractivity contribution in [1.82, 2.24) is 20.3 Å². The lowest BCUT2D eigenvalue weighted by Gasteiger charge is -2.14. The van der Waals surface area contributed by atoms with Crippen molar-refractivity contribution in [1.29, 1.82) is 0 Å². The summed E-state index contributed by atoms with van der Waals surface area (Å²) in [5, 5.41) is 7.05. The summed E-state index contributed by atoms with van der Waals surface area (Å²) in [4.78, 5) is 26.0. The molecule has 2 aromatic carbocycles. The molecular weight excluding hydrogens is 431 g/mol. The number of alkyl halides is 3. The molecule has 0 unspecified atom stereocenters. The molecule has 1 aliphatic carbocycles. The molecule has 33 heavy (non-hydrogen) atoms. The molecule has 0 spiro atoms. The van der Waals surface area contributed by atoms with E-state index in [0.717, 1.165) is 36.8 Å². The summed E-state index contributed by atoms with van der Waals surface area (Å²) in [5.41, 5.74) is 0.939. The Morgan fingerprint density at radius 2 is 1.91 bits per heavy atom. The van der Waals surface area contributed by atoms with Crippen molar-refractivity contribution in [2.75, 3.05) is 12.4 Å². The number of pyridine rings is 1. The largest absolute Gasteiger partial charge is 0.416 e. The summed E-state index contributed by atoms with van der Waals surface area (Å²) in [6.45, 7) is 0. The van der Waals surface area contributed by atoms with Crippen LogP contribution in [0.1, 0.15) is 34.6 Å². The summed E-state index contributed by atoms with van der Waals surface area (Å²) in [5.74, 6) is 1.30. The summed E-state index contributed by atoms with van der Waals surface area (Å²) in [7, 11) is 1.54. The van der Waals surface area contributed by atoms with Crippen LogP contribution in [-0.2, 0) is 12.6 Å². The fourth-order valence-corrected chi connectivity index (χ4v) is 3.78. The zero-order valence-electron chi connectivity index (χ0n) is 17.7. The highest BCUT2D eigenvalue weighted by molar-refractivity contribution is 6.10. The van der Waals surface area contributed by atoms with E-state index in [1.807, 2.05) is 0 Å². The van der Waals surface area contributed by atoms with Gasteiger partial charge < -0.3 is 10.6 Å². The second-order valence-electron chi connectivity index (χ2n) is 8.17. The van der Waals surface area contributed by atoms with Crippen molar-refractivity contribution in [2.24, 2.45) is 5.92 Å². The van der Waals surface area contributed by atoms with Crippen LogP contribution < -0.4 is 10.6 Å². The van der Waals surface area contributed by atoms with Gasteiger partial charge in [-0.3, -0.25) is 4.79 Å². The van der Waals surface area contributed by atoms with E-state index in [1.165, 1.54) is 13.1 Å². The number of rotatable bonds is 5. The molecule has 1 saturated carbocycles. The first-order valence-electron chi connectivity index (χ1n) is 10.6. The molecule has 0 atom stereocenters.